The first-order valence-electron chi connectivity index (χ1n) is 8.29. The lowest BCUT2D eigenvalue weighted by atomic mass is 10.2. The zero-order valence-corrected chi connectivity index (χ0v) is 16.3. The molecule has 0 bridgehead atoms. The van der Waals surface area contributed by atoms with Gasteiger partial charge in [0.05, 0.1) is 12.1 Å². The molecule has 3 rings (SSSR count). The molecule has 27 heavy (non-hydrogen) atoms. The molecule has 140 valence electrons. The van der Waals surface area contributed by atoms with Crippen LogP contribution in [0.4, 0.5) is 4.39 Å². The summed E-state index contributed by atoms with van der Waals surface area (Å²) in [4.78, 5) is 18.5. The summed E-state index contributed by atoms with van der Waals surface area (Å²) in [6, 6.07) is 13.3. The zero-order chi connectivity index (χ0) is 19.2. The molecule has 2 aromatic carbocycles. The van der Waals surface area contributed by atoms with E-state index in [-0.39, 0.29) is 24.8 Å². The maximum absolute atomic E-state index is 12.9. The van der Waals surface area contributed by atoms with E-state index in [1.807, 2.05) is 23.6 Å². The summed E-state index contributed by atoms with van der Waals surface area (Å²) >= 11 is 7.41. The van der Waals surface area contributed by atoms with Gasteiger partial charge in [-0.05, 0) is 42.0 Å². The highest BCUT2D eigenvalue weighted by atomic mass is 35.5. The molecule has 0 spiro atoms. The van der Waals surface area contributed by atoms with E-state index in [4.69, 9.17) is 16.3 Å². The Morgan fingerprint density at radius 2 is 2.04 bits per heavy atom. The van der Waals surface area contributed by atoms with E-state index in [0.29, 0.717) is 23.0 Å². The first-order valence-corrected chi connectivity index (χ1v) is 9.55. The van der Waals surface area contributed by atoms with Gasteiger partial charge < -0.3 is 9.64 Å². The number of aromatic nitrogens is 1. The van der Waals surface area contributed by atoms with Crippen LogP contribution in [0.25, 0.3) is 0 Å². The summed E-state index contributed by atoms with van der Waals surface area (Å²) in [5.41, 5.74) is 1.69. The van der Waals surface area contributed by atoms with Gasteiger partial charge in [0.25, 0.3) is 0 Å². The molecule has 3 aromatic rings. The first kappa shape index (κ1) is 19.3. The fourth-order valence-electron chi connectivity index (χ4n) is 2.46. The van der Waals surface area contributed by atoms with Crippen molar-refractivity contribution in [3.63, 3.8) is 0 Å². The number of thiazole rings is 1. The van der Waals surface area contributed by atoms with Gasteiger partial charge in [-0.3, -0.25) is 4.79 Å². The highest BCUT2D eigenvalue weighted by Crippen LogP contribution is 2.17. The fraction of sp³-hybridized carbons (Fsp3) is 0.200. The smallest absolute Gasteiger partial charge is 0.228 e. The van der Waals surface area contributed by atoms with Crippen molar-refractivity contribution < 1.29 is 13.9 Å². The third kappa shape index (κ3) is 5.77. The van der Waals surface area contributed by atoms with Crippen LogP contribution >= 0.6 is 22.9 Å². The van der Waals surface area contributed by atoms with E-state index in [1.165, 1.54) is 23.5 Å². The molecule has 1 aromatic heterocycles. The standard InChI is InChI=1S/C20H18ClFN2O2S/c1-24(11-14-3-2-4-15(21)9-14)20(25)10-17-13-27-19(23-17)12-26-18-7-5-16(22)6-8-18/h2-9,13H,10-12H2,1H3. The van der Waals surface area contributed by atoms with Crippen molar-refractivity contribution >= 4 is 28.8 Å². The molecule has 7 heteroatoms. The monoisotopic (exact) mass is 404 g/mol. The Hall–Kier alpha value is -2.44. The van der Waals surface area contributed by atoms with Crippen molar-refractivity contribution in [2.24, 2.45) is 0 Å². The van der Waals surface area contributed by atoms with Gasteiger partial charge in [-0.1, -0.05) is 23.7 Å². The quantitative estimate of drug-likeness (QED) is 0.572. The minimum Gasteiger partial charge on any atom is -0.486 e. The van der Waals surface area contributed by atoms with Crippen LogP contribution in [0, 0.1) is 5.82 Å². The molecule has 0 saturated heterocycles. The number of amides is 1. The largest absolute Gasteiger partial charge is 0.486 e. The van der Waals surface area contributed by atoms with Crippen LogP contribution in [0.1, 0.15) is 16.3 Å². The number of benzene rings is 2. The lowest BCUT2D eigenvalue weighted by Crippen LogP contribution is -2.27. The summed E-state index contributed by atoms with van der Waals surface area (Å²) in [6.07, 6.45) is 0.226. The lowest BCUT2D eigenvalue weighted by molar-refractivity contribution is -0.129. The van der Waals surface area contributed by atoms with Crippen molar-refractivity contribution in [1.29, 1.82) is 0 Å². The highest BCUT2D eigenvalue weighted by molar-refractivity contribution is 7.09. The average molecular weight is 405 g/mol. The van der Waals surface area contributed by atoms with E-state index < -0.39 is 0 Å². The van der Waals surface area contributed by atoms with Crippen LogP contribution in [0.15, 0.2) is 53.9 Å². The number of halogens is 2. The number of hydrogen-bond acceptors (Lipinski definition) is 4. The average Bonchev–Trinajstić information content (AvgIpc) is 3.08. The summed E-state index contributed by atoms with van der Waals surface area (Å²) in [5, 5.41) is 3.27. The van der Waals surface area contributed by atoms with Gasteiger partial charge in [0.2, 0.25) is 5.91 Å². The Kier molecular flexibility index (Phi) is 6.42. The Labute approximate surface area is 166 Å². The predicted molar refractivity (Wildman–Crippen MR) is 104 cm³/mol. The third-order valence-electron chi connectivity index (χ3n) is 3.84. The maximum atomic E-state index is 12.9. The molecule has 0 radical (unpaired) electrons. The summed E-state index contributed by atoms with van der Waals surface area (Å²) < 4.78 is 18.5. The van der Waals surface area contributed by atoms with Crippen LogP contribution < -0.4 is 4.74 Å². The summed E-state index contributed by atoms with van der Waals surface area (Å²) in [6.45, 7) is 0.771. The van der Waals surface area contributed by atoms with Gasteiger partial charge >= 0.3 is 0 Å². The molecule has 4 nitrogen and oxygen atoms in total. The molecule has 0 aliphatic rings. The molecule has 1 amide bonds. The Bertz CT molecular complexity index is 914. The Morgan fingerprint density at radius 3 is 2.78 bits per heavy atom. The number of ether oxygens (including phenoxy) is 1. The van der Waals surface area contributed by atoms with Crippen molar-refractivity contribution in [3.05, 3.63) is 81.0 Å². The molecular formula is C20H18ClFN2O2S. The second-order valence-electron chi connectivity index (χ2n) is 6.03. The van der Waals surface area contributed by atoms with Crippen molar-refractivity contribution in [1.82, 2.24) is 9.88 Å². The van der Waals surface area contributed by atoms with Gasteiger partial charge in [-0.25, -0.2) is 9.37 Å². The van der Waals surface area contributed by atoms with Crippen LogP contribution in [0.3, 0.4) is 0 Å². The maximum Gasteiger partial charge on any atom is 0.228 e. The van der Waals surface area contributed by atoms with E-state index in [9.17, 15) is 9.18 Å². The molecule has 1 heterocycles. The van der Waals surface area contributed by atoms with E-state index in [2.05, 4.69) is 4.98 Å². The van der Waals surface area contributed by atoms with Crippen molar-refractivity contribution in [2.45, 2.75) is 19.6 Å². The topological polar surface area (TPSA) is 42.4 Å². The number of rotatable bonds is 7. The molecule has 0 saturated carbocycles. The molecule has 0 aliphatic heterocycles. The Balaban J connectivity index is 1.51. The van der Waals surface area contributed by atoms with Gasteiger partial charge in [-0.15, -0.1) is 11.3 Å². The number of likely N-dealkylation sites (N-methyl/N-ethyl adjacent to an activating group) is 1. The van der Waals surface area contributed by atoms with Gasteiger partial charge in [0, 0.05) is 24.0 Å². The minimum atomic E-state index is -0.306. The predicted octanol–water partition coefficient (Wildman–Crippen LogP) is 4.72. The highest BCUT2D eigenvalue weighted by Gasteiger charge is 2.13. The van der Waals surface area contributed by atoms with Crippen LogP contribution in [-0.4, -0.2) is 22.8 Å². The van der Waals surface area contributed by atoms with Crippen molar-refractivity contribution in [3.8, 4) is 5.75 Å². The van der Waals surface area contributed by atoms with Crippen LogP contribution in [0.5, 0.6) is 5.75 Å². The molecule has 0 unspecified atom stereocenters. The molecule has 0 fully saturated rings. The van der Waals surface area contributed by atoms with Gasteiger partial charge in [0.15, 0.2) is 0 Å². The normalized spacial score (nSPS) is 10.6. The van der Waals surface area contributed by atoms with Crippen LogP contribution in [0.2, 0.25) is 5.02 Å². The molecule has 0 aliphatic carbocycles. The van der Waals surface area contributed by atoms with E-state index >= 15 is 0 Å². The van der Waals surface area contributed by atoms with Gasteiger partial charge in [0.1, 0.15) is 23.2 Å². The minimum absolute atomic E-state index is 0.0220. The second-order valence-corrected chi connectivity index (χ2v) is 7.41. The van der Waals surface area contributed by atoms with Crippen molar-refractivity contribution in [2.75, 3.05) is 7.05 Å². The Morgan fingerprint density at radius 1 is 1.26 bits per heavy atom. The zero-order valence-electron chi connectivity index (χ0n) is 14.7. The van der Waals surface area contributed by atoms with E-state index in [1.54, 1.807) is 30.1 Å². The fourth-order valence-corrected chi connectivity index (χ4v) is 3.38. The summed E-state index contributed by atoms with van der Waals surface area (Å²) in [7, 11) is 1.76. The SMILES string of the molecule is CN(Cc1cccc(Cl)c1)C(=O)Cc1csc(COc2ccc(F)cc2)n1. The van der Waals surface area contributed by atoms with Crippen LogP contribution in [-0.2, 0) is 24.4 Å². The molecular weight excluding hydrogens is 387 g/mol. The second kappa shape index (κ2) is 8.97. The number of nitrogens with zero attached hydrogens (tertiary/aromatic N) is 2. The molecule has 0 atom stereocenters. The third-order valence-corrected chi connectivity index (χ3v) is 4.95. The lowest BCUT2D eigenvalue weighted by Gasteiger charge is -2.16. The summed E-state index contributed by atoms with van der Waals surface area (Å²) in [5.74, 6) is 0.246. The number of carbonyl (C=O) groups is 1. The molecule has 0 N–H and O–H groups in total. The number of hydrogen-bond donors (Lipinski definition) is 0. The van der Waals surface area contributed by atoms with E-state index in [0.717, 1.165) is 10.6 Å². The van der Waals surface area contributed by atoms with Gasteiger partial charge in [-0.2, -0.15) is 0 Å². The first-order chi connectivity index (χ1) is 13.0. The number of carbonyl (C=O) groups excluding carboxylic acids is 1.